The molecule has 1 aliphatic rings. The number of aromatic nitrogens is 2. The number of amides is 1. The molecule has 2 heterocycles. The van der Waals surface area contributed by atoms with Crippen molar-refractivity contribution in [2.75, 3.05) is 25.1 Å². The van der Waals surface area contributed by atoms with Gasteiger partial charge in [0, 0.05) is 31.5 Å². The minimum absolute atomic E-state index is 0.0839. The van der Waals surface area contributed by atoms with Crippen molar-refractivity contribution in [1.29, 1.82) is 0 Å². The first-order valence-electron chi connectivity index (χ1n) is 9.84. The van der Waals surface area contributed by atoms with Crippen molar-refractivity contribution < 1.29 is 14.6 Å². The van der Waals surface area contributed by atoms with Gasteiger partial charge in [0.2, 0.25) is 5.91 Å². The van der Waals surface area contributed by atoms with Crippen molar-refractivity contribution in [3.8, 4) is 5.75 Å². The lowest BCUT2D eigenvalue weighted by Gasteiger charge is -2.37. The van der Waals surface area contributed by atoms with E-state index in [2.05, 4.69) is 15.3 Å². The van der Waals surface area contributed by atoms with Crippen LogP contribution in [0.15, 0.2) is 36.8 Å². The van der Waals surface area contributed by atoms with Gasteiger partial charge in [-0.1, -0.05) is 19.9 Å². The number of aliphatic hydroxyl groups excluding tert-OH is 1. The van der Waals surface area contributed by atoms with Crippen molar-refractivity contribution in [3.05, 3.63) is 48.0 Å². The summed E-state index contributed by atoms with van der Waals surface area (Å²) in [5.41, 5.74) is 8.56. The normalized spacial score (nSPS) is 20.5. The van der Waals surface area contributed by atoms with Crippen molar-refractivity contribution in [2.45, 2.75) is 38.5 Å². The molecule has 156 valence electrons. The highest BCUT2D eigenvalue weighted by molar-refractivity contribution is 5.86. The molecule has 1 aromatic heterocycles. The Balaban J connectivity index is 1.95. The molecule has 1 amide bonds. The van der Waals surface area contributed by atoms with Crippen LogP contribution >= 0.6 is 0 Å². The number of nitrogens with zero attached hydrogens (tertiary/aromatic N) is 3. The number of likely N-dealkylation sites (N-methyl/N-ethyl adjacent to an activating group) is 1. The zero-order chi connectivity index (χ0) is 21.0. The lowest BCUT2D eigenvalue weighted by molar-refractivity contribution is -0.124. The summed E-state index contributed by atoms with van der Waals surface area (Å²) in [6.45, 7) is 4.18. The van der Waals surface area contributed by atoms with Crippen molar-refractivity contribution in [1.82, 2.24) is 15.3 Å². The maximum atomic E-state index is 12.8. The molecule has 0 saturated carbocycles. The number of nitrogens with two attached hydrogens (primary N) is 1. The molecule has 4 N–H and O–H groups in total. The highest BCUT2D eigenvalue weighted by Gasteiger charge is 2.32. The van der Waals surface area contributed by atoms with Gasteiger partial charge >= 0.3 is 0 Å². The number of aliphatic hydroxyl groups is 1. The highest BCUT2D eigenvalue weighted by atomic mass is 16.5. The third-order valence-electron chi connectivity index (χ3n) is 5.21. The van der Waals surface area contributed by atoms with E-state index in [4.69, 9.17) is 10.5 Å². The Morgan fingerprint density at radius 1 is 1.38 bits per heavy atom. The van der Waals surface area contributed by atoms with Gasteiger partial charge in [0.05, 0.1) is 18.3 Å². The lowest BCUT2D eigenvalue weighted by Crippen LogP contribution is -2.54. The Bertz CT molecular complexity index is 830. The van der Waals surface area contributed by atoms with Gasteiger partial charge in [0.15, 0.2) is 6.10 Å². The molecule has 3 rings (SSSR count). The summed E-state index contributed by atoms with van der Waals surface area (Å²) < 4.78 is 6.12. The minimum atomic E-state index is -0.399. The molecule has 1 aliphatic heterocycles. The summed E-state index contributed by atoms with van der Waals surface area (Å²) in [6.07, 6.45) is 3.27. The Morgan fingerprint density at radius 2 is 2.17 bits per heavy atom. The predicted molar refractivity (Wildman–Crippen MR) is 111 cm³/mol. The van der Waals surface area contributed by atoms with Gasteiger partial charge in [0.25, 0.3) is 0 Å². The number of rotatable bonds is 6. The molecule has 8 nitrogen and oxygen atoms in total. The number of carbonyl (C=O) groups excluding carboxylic acids is 1. The van der Waals surface area contributed by atoms with E-state index in [1.165, 1.54) is 6.33 Å². The molecule has 3 atom stereocenters. The smallest absolute Gasteiger partial charge is 0.243 e. The zero-order valence-electron chi connectivity index (χ0n) is 17.1. The van der Waals surface area contributed by atoms with Crippen LogP contribution < -0.4 is 20.7 Å². The molecule has 0 fully saturated rings. The second-order valence-electron chi connectivity index (χ2n) is 7.66. The number of hydrogen-bond donors (Lipinski definition) is 3. The summed E-state index contributed by atoms with van der Waals surface area (Å²) in [6, 6.07) is 6.90. The first-order valence-corrected chi connectivity index (χ1v) is 9.84. The van der Waals surface area contributed by atoms with Gasteiger partial charge in [-0.3, -0.25) is 4.79 Å². The minimum Gasteiger partial charge on any atom is -0.483 e. The maximum absolute atomic E-state index is 12.8. The molecule has 29 heavy (non-hydrogen) atoms. The Hall–Kier alpha value is -2.71. The van der Waals surface area contributed by atoms with Crippen LogP contribution in [0.5, 0.6) is 5.75 Å². The largest absolute Gasteiger partial charge is 0.483 e. The molecule has 0 radical (unpaired) electrons. The van der Waals surface area contributed by atoms with Crippen molar-refractivity contribution in [3.63, 3.8) is 0 Å². The number of anilines is 1. The standard InChI is InChI=1S/C21H29N5O3/c1-13(2)20-21(28)25-15(11-27)8-14-4-5-16(9-18(14)26(20)3)29-19(10-22)17-6-7-23-12-24-17/h4-7,9,12-13,15,19-20,27H,8,10-11,22H2,1-3H3,(H,25,28)/t15-,19+,20-/m0/s1. The van der Waals surface area contributed by atoms with Crippen LogP contribution in [0.4, 0.5) is 5.69 Å². The van der Waals surface area contributed by atoms with Crippen LogP contribution in [-0.2, 0) is 11.2 Å². The molecule has 1 aromatic carbocycles. The van der Waals surface area contributed by atoms with Crippen LogP contribution in [0, 0.1) is 5.92 Å². The molecule has 0 saturated heterocycles. The molecule has 0 unspecified atom stereocenters. The SMILES string of the molecule is CC(C)[C@H]1C(=O)N[C@H](CO)Cc2ccc(O[C@H](CN)c3ccncn3)cc2N1C. The summed E-state index contributed by atoms with van der Waals surface area (Å²) in [4.78, 5) is 22.9. The summed E-state index contributed by atoms with van der Waals surface area (Å²) in [5, 5.41) is 12.7. The Labute approximate surface area is 171 Å². The van der Waals surface area contributed by atoms with Gasteiger partial charge in [-0.05, 0) is 30.0 Å². The quantitative estimate of drug-likeness (QED) is 0.665. The number of benzene rings is 1. The zero-order valence-corrected chi connectivity index (χ0v) is 17.1. The predicted octanol–water partition coefficient (Wildman–Crippen LogP) is 1.05. The maximum Gasteiger partial charge on any atom is 0.243 e. The number of carbonyl (C=O) groups is 1. The van der Waals surface area contributed by atoms with Crippen LogP contribution in [0.3, 0.4) is 0 Å². The van der Waals surface area contributed by atoms with Crippen molar-refractivity contribution in [2.24, 2.45) is 11.7 Å². The second kappa shape index (κ2) is 9.19. The second-order valence-corrected chi connectivity index (χ2v) is 7.66. The topological polar surface area (TPSA) is 114 Å². The molecular formula is C21H29N5O3. The van der Waals surface area contributed by atoms with E-state index in [1.807, 2.05) is 44.0 Å². The van der Waals surface area contributed by atoms with E-state index in [1.54, 1.807) is 12.3 Å². The molecule has 0 spiro atoms. The fourth-order valence-electron chi connectivity index (χ4n) is 3.79. The van der Waals surface area contributed by atoms with E-state index in [-0.39, 0.29) is 37.1 Å². The fraction of sp³-hybridized carbons (Fsp3) is 0.476. The van der Waals surface area contributed by atoms with Gasteiger partial charge in [0.1, 0.15) is 18.1 Å². The van der Waals surface area contributed by atoms with Crippen LogP contribution in [0.2, 0.25) is 0 Å². The van der Waals surface area contributed by atoms with Crippen LogP contribution in [0.1, 0.15) is 31.2 Å². The average Bonchev–Trinajstić information content (AvgIpc) is 2.71. The first-order chi connectivity index (χ1) is 13.9. The highest BCUT2D eigenvalue weighted by Crippen LogP contribution is 2.32. The van der Waals surface area contributed by atoms with Gasteiger partial charge in [-0.15, -0.1) is 0 Å². The number of nitrogens with one attached hydrogen (secondary N) is 1. The van der Waals surface area contributed by atoms with Gasteiger partial charge in [-0.2, -0.15) is 0 Å². The molecule has 2 aromatic rings. The Morgan fingerprint density at radius 3 is 2.79 bits per heavy atom. The third kappa shape index (κ3) is 4.65. The average molecular weight is 399 g/mol. The van der Waals surface area contributed by atoms with E-state index in [9.17, 15) is 9.90 Å². The fourth-order valence-corrected chi connectivity index (χ4v) is 3.79. The summed E-state index contributed by atoms with van der Waals surface area (Å²) in [7, 11) is 1.91. The lowest BCUT2D eigenvalue weighted by atomic mass is 9.95. The Kier molecular flexibility index (Phi) is 6.66. The van der Waals surface area contributed by atoms with E-state index < -0.39 is 6.10 Å². The van der Waals surface area contributed by atoms with Gasteiger partial charge < -0.3 is 25.8 Å². The molecular weight excluding hydrogens is 370 g/mol. The van der Waals surface area contributed by atoms with E-state index in [0.29, 0.717) is 17.9 Å². The first kappa shape index (κ1) is 21.0. The van der Waals surface area contributed by atoms with E-state index in [0.717, 1.165) is 11.3 Å². The van der Waals surface area contributed by atoms with E-state index >= 15 is 0 Å². The van der Waals surface area contributed by atoms with Crippen LogP contribution in [-0.4, -0.2) is 53.3 Å². The number of fused-ring (bicyclic) bond motifs is 1. The molecule has 8 heteroatoms. The van der Waals surface area contributed by atoms with Crippen molar-refractivity contribution >= 4 is 11.6 Å². The number of hydrogen-bond acceptors (Lipinski definition) is 7. The summed E-state index contributed by atoms with van der Waals surface area (Å²) in [5.74, 6) is 0.653. The monoisotopic (exact) mass is 399 g/mol. The van der Waals surface area contributed by atoms with Crippen LogP contribution in [0.25, 0.3) is 0 Å². The summed E-state index contributed by atoms with van der Waals surface area (Å²) >= 11 is 0. The van der Waals surface area contributed by atoms with Gasteiger partial charge in [-0.25, -0.2) is 9.97 Å². The number of ether oxygens (including phenoxy) is 1. The molecule has 0 aliphatic carbocycles. The third-order valence-corrected chi connectivity index (χ3v) is 5.21. The molecule has 0 bridgehead atoms.